The van der Waals surface area contributed by atoms with Crippen LogP contribution in [0.1, 0.15) is 27.9 Å². The van der Waals surface area contributed by atoms with Crippen molar-refractivity contribution in [3.05, 3.63) is 59.4 Å². The molecule has 5 nitrogen and oxygen atoms in total. The third-order valence-electron chi connectivity index (χ3n) is 4.33. The summed E-state index contributed by atoms with van der Waals surface area (Å²) in [5.74, 6) is 0.105. The smallest absolute Gasteiger partial charge is 0.253 e. The van der Waals surface area contributed by atoms with Crippen molar-refractivity contribution in [2.24, 2.45) is 0 Å². The van der Waals surface area contributed by atoms with E-state index < -0.39 is 9.84 Å². The van der Waals surface area contributed by atoms with Crippen LogP contribution in [0.25, 0.3) is 0 Å². The molecule has 2 heterocycles. The predicted octanol–water partition coefficient (Wildman–Crippen LogP) is 2.12. The van der Waals surface area contributed by atoms with Crippen LogP contribution in [0.15, 0.2) is 47.6 Å². The van der Waals surface area contributed by atoms with E-state index in [1.165, 1.54) is 0 Å². The molecule has 0 aliphatic carbocycles. The fourth-order valence-electron chi connectivity index (χ4n) is 2.94. The lowest BCUT2D eigenvalue weighted by molar-refractivity contribution is 0.0796. The van der Waals surface area contributed by atoms with Gasteiger partial charge in [0.05, 0.1) is 10.6 Å². The quantitative estimate of drug-likeness (QED) is 0.852. The number of aryl methyl sites for hydroxylation is 1. The molecule has 0 unspecified atom stereocenters. The highest BCUT2D eigenvalue weighted by Crippen LogP contribution is 2.26. The summed E-state index contributed by atoms with van der Waals surface area (Å²) in [6.45, 7) is 0.595. The van der Waals surface area contributed by atoms with Crippen molar-refractivity contribution in [1.82, 2.24) is 9.88 Å². The molecule has 2 aromatic rings. The minimum absolute atomic E-state index is 0.0881. The number of nitrogens with zero attached hydrogens (tertiary/aromatic N) is 2. The number of sulfone groups is 1. The number of aromatic nitrogens is 1. The molecule has 1 aliphatic rings. The Hall–Kier alpha value is -2.21. The highest BCUT2D eigenvalue weighted by atomic mass is 32.2. The number of rotatable bonds is 4. The van der Waals surface area contributed by atoms with Gasteiger partial charge in [0.2, 0.25) is 0 Å². The summed E-state index contributed by atoms with van der Waals surface area (Å²) in [6.07, 6.45) is 5.55. The first kappa shape index (κ1) is 16.6. The molecular weight excluding hydrogens is 324 g/mol. The highest BCUT2D eigenvalue weighted by molar-refractivity contribution is 7.91. The van der Waals surface area contributed by atoms with Crippen LogP contribution in [0.3, 0.4) is 0 Å². The lowest BCUT2D eigenvalue weighted by Gasteiger charge is -2.20. The van der Waals surface area contributed by atoms with E-state index in [0.717, 1.165) is 17.5 Å². The Bertz CT molecular complexity index is 848. The van der Waals surface area contributed by atoms with Crippen LogP contribution in [0.2, 0.25) is 0 Å². The third kappa shape index (κ3) is 3.48. The third-order valence-corrected chi connectivity index (χ3v) is 6.23. The van der Waals surface area contributed by atoms with E-state index in [4.69, 9.17) is 0 Å². The number of benzene rings is 1. The fraction of sp³-hybridized carbons (Fsp3) is 0.333. The van der Waals surface area contributed by atoms with Crippen LogP contribution in [0.5, 0.6) is 0 Å². The number of fused-ring (bicyclic) bond motifs is 1. The van der Waals surface area contributed by atoms with Gasteiger partial charge in [0.1, 0.15) is 0 Å². The molecule has 1 aliphatic heterocycles. The number of hydrogen-bond donors (Lipinski definition) is 0. The van der Waals surface area contributed by atoms with Crippen LogP contribution in [-0.2, 0) is 22.7 Å². The summed E-state index contributed by atoms with van der Waals surface area (Å²) >= 11 is 0. The van der Waals surface area contributed by atoms with Crippen molar-refractivity contribution < 1.29 is 13.2 Å². The Balaban J connectivity index is 1.73. The van der Waals surface area contributed by atoms with Crippen molar-refractivity contribution >= 4 is 15.7 Å². The summed E-state index contributed by atoms with van der Waals surface area (Å²) in [6, 6.07) is 8.79. The number of likely N-dealkylation sites (N-methyl/N-ethyl adjacent to an activating group) is 1. The van der Waals surface area contributed by atoms with Crippen LogP contribution >= 0.6 is 0 Å². The molecule has 24 heavy (non-hydrogen) atoms. The second kappa shape index (κ2) is 6.73. The molecule has 0 saturated heterocycles. The fourth-order valence-corrected chi connectivity index (χ4v) is 4.52. The zero-order chi connectivity index (χ0) is 17.2. The van der Waals surface area contributed by atoms with Gasteiger partial charge >= 0.3 is 0 Å². The number of carbonyl (C=O) groups is 1. The molecule has 0 bridgehead atoms. The molecular formula is C18H20N2O3S. The van der Waals surface area contributed by atoms with E-state index in [1.807, 2.05) is 12.1 Å². The summed E-state index contributed by atoms with van der Waals surface area (Å²) in [4.78, 5) is 18.6. The second-order valence-corrected chi connectivity index (χ2v) is 8.15. The SMILES string of the molecule is CN(CCc1ccncc1)C(=O)c1ccc2c(c1)CCCS2(=O)=O. The zero-order valence-electron chi connectivity index (χ0n) is 13.6. The van der Waals surface area contributed by atoms with Crippen LogP contribution < -0.4 is 0 Å². The molecule has 0 atom stereocenters. The van der Waals surface area contributed by atoms with Gasteiger partial charge in [-0.3, -0.25) is 9.78 Å². The van der Waals surface area contributed by atoms with Gasteiger partial charge in [0.25, 0.3) is 5.91 Å². The topological polar surface area (TPSA) is 67.3 Å². The first-order valence-corrected chi connectivity index (χ1v) is 9.63. The van der Waals surface area contributed by atoms with E-state index in [-0.39, 0.29) is 11.7 Å². The number of hydrogen-bond acceptors (Lipinski definition) is 4. The van der Waals surface area contributed by atoms with Crippen LogP contribution in [0.4, 0.5) is 0 Å². The average Bonchev–Trinajstić information content (AvgIpc) is 2.59. The molecule has 0 saturated carbocycles. The Labute approximate surface area is 142 Å². The Morgan fingerprint density at radius 1 is 1.21 bits per heavy atom. The summed E-state index contributed by atoms with van der Waals surface area (Å²) in [5.41, 5.74) is 2.43. The van der Waals surface area contributed by atoms with Gasteiger partial charge in [-0.1, -0.05) is 0 Å². The predicted molar refractivity (Wildman–Crippen MR) is 91.7 cm³/mol. The van der Waals surface area contributed by atoms with Gasteiger partial charge in [-0.2, -0.15) is 0 Å². The van der Waals surface area contributed by atoms with Gasteiger partial charge < -0.3 is 4.90 Å². The second-order valence-electron chi connectivity index (χ2n) is 6.08. The number of carbonyl (C=O) groups excluding carboxylic acids is 1. The van der Waals surface area contributed by atoms with E-state index in [9.17, 15) is 13.2 Å². The monoisotopic (exact) mass is 344 g/mol. The minimum Gasteiger partial charge on any atom is -0.341 e. The molecule has 126 valence electrons. The Kier molecular flexibility index (Phi) is 4.66. The maximum absolute atomic E-state index is 12.6. The van der Waals surface area contributed by atoms with Gasteiger partial charge in [-0.15, -0.1) is 0 Å². The summed E-state index contributed by atoms with van der Waals surface area (Å²) in [5, 5.41) is 0. The van der Waals surface area contributed by atoms with Crippen molar-refractivity contribution in [3.8, 4) is 0 Å². The van der Waals surface area contributed by atoms with Crippen molar-refractivity contribution in [2.75, 3.05) is 19.3 Å². The van der Waals surface area contributed by atoms with Crippen LogP contribution in [0, 0.1) is 0 Å². The minimum atomic E-state index is -3.18. The zero-order valence-corrected chi connectivity index (χ0v) is 14.4. The molecule has 0 N–H and O–H groups in total. The maximum atomic E-state index is 12.6. The number of amides is 1. The van der Waals surface area contributed by atoms with E-state index in [2.05, 4.69) is 4.98 Å². The molecule has 3 rings (SSSR count). The average molecular weight is 344 g/mol. The van der Waals surface area contributed by atoms with Gasteiger partial charge in [-0.05, 0) is 60.7 Å². The summed E-state index contributed by atoms with van der Waals surface area (Å²) in [7, 11) is -1.42. The summed E-state index contributed by atoms with van der Waals surface area (Å²) < 4.78 is 24.1. The molecule has 6 heteroatoms. The first-order chi connectivity index (χ1) is 11.5. The van der Waals surface area contributed by atoms with Gasteiger partial charge in [0, 0.05) is 31.5 Å². The maximum Gasteiger partial charge on any atom is 0.253 e. The molecule has 0 fully saturated rings. The molecule has 1 aromatic heterocycles. The Morgan fingerprint density at radius 3 is 2.71 bits per heavy atom. The van der Waals surface area contributed by atoms with Crippen molar-refractivity contribution in [2.45, 2.75) is 24.2 Å². The van der Waals surface area contributed by atoms with Crippen molar-refractivity contribution in [3.63, 3.8) is 0 Å². The standard InChI is InChI=1S/C18H20N2O3S/c1-20(11-8-14-6-9-19-10-7-14)18(21)16-4-5-17-15(13-16)3-2-12-24(17,22)23/h4-7,9-10,13H,2-3,8,11-12H2,1H3. The van der Waals surface area contributed by atoms with Crippen LogP contribution in [-0.4, -0.2) is 43.6 Å². The Morgan fingerprint density at radius 2 is 1.96 bits per heavy atom. The van der Waals surface area contributed by atoms with Crippen molar-refractivity contribution in [1.29, 1.82) is 0 Å². The highest BCUT2D eigenvalue weighted by Gasteiger charge is 2.24. The van der Waals surface area contributed by atoms with E-state index >= 15 is 0 Å². The van der Waals surface area contributed by atoms with E-state index in [1.54, 1.807) is 42.5 Å². The molecule has 1 aromatic carbocycles. The van der Waals surface area contributed by atoms with Gasteiger partial charge in [-0.25, -0.2) is 8.42 Å². The lowest BCUT2D eigenvalue weighted by atomic mass is 10.1. The molecule has 0 radical (unpaired) electrons. The normalized spacial score (nSPS) is 15.5. The largest absolute Gasteiger partial charge is 0.341 e. The molecule has 0 spiro atoms. The van der Waals surface area contributed by atoms with Gasteiger partial charge in [0.15, 0.2) is 9.84 Å². The lowest BCUT2D eigenvalue weighted by Crippen LogP contribution is -2.29. The molecule has 1 amide bonds. The van der Waals surface area contributed by atoms with E-state index in [0.29, 0.717) is 29.8 Å². The first-order valence-electron chi connectivity index (χ1n) is 7.97. The number of pyridine rings is 1.